The Labute approximate surface area is 92.2 Å². The van der Waals surface area contributed by atoms with Gasteiger partial charge in [0.05, 0.1) is 6.54 Å². The summed E-state index contributed by atoms with van der Waals surface area (Å²) in [6, 6.07) is 0. The number of carbonyl (C=O) groups is 1. The molecule has 0 aliphatic carbocycles. The second kappa shape index (κ2) is 4.10. The molecule has 15 heavy (non-hydrogen) atoms. The van der Waals surface area contributed by atoms with E-state index >= 15 is 0 Å². The van der Waals surface area contributed by atoms with E-state index in [2.05, 4.69) is 17.1 Å². The summed E-state index contributed by atoms with van der Waals surface area (Å²) in [6.07, 6.45) is 0.977. The van der Waals surface area contributed by atoms with Crippen molar-refractivity contribution in [2.45, 2.75) is 45.2 Å². The van der Waals surface area contributed by atoms with E-state index in [4.69, 9.17) is 5.73 Å². The Kier molecular flexibility index (Phi) is 3.41. The van der Waals surface area contributed by atoms with Crippen LogP contribution in [0, 0.1) is 0 Å². The van der Waals surface area contributed by atoms with Gasteiger partial charge in [-0.05, 0) is 27.2 Å². The van der Waals surface area contributed by atoms with Gasteiger partial charge < -0.3 is 11.1 Å². The lowest BCUT2D eigenvalue weighted by molar-refractivity contribution is -0.125. The number of rotatable bonds is 3. The second-order valence-electron chi connectivity index (χ2n) is 5.66. The fourth-order valence-electron chi connectivity index (χ4n) is 1.84. The number of hydrogen-bond donors (Lipinski definition) is 2. The van der Waals surface area contributed by atoms with Crippen molar-refractivity contribution < 1.29 is 4.79 Å². The zero-order valence-electron chi connectivity index (χ0n) is 10.3. The fraction of sp³-hybridized carbons (Fsp3) is 0.909. The van der Waals surface area contributed by atoms with Crippen LogP contribution in [0.15, 0.2) is 0 Å². The molecule has 0 aromatic rings. The monoisotopic (exact) mass is 213 g/mol. The minimum Gasteiger partial charge on any atom is -0.350 e. The van der Waals surface area contributed by atoms with E-state index in [1.807, 2.05) is 20.8 Å². The number of likely N-dealkylation sites (tertiary alicyclic amines) is 1. The van der Waals surface area contributed by atoms with Crippen molar-refractivity contribution in [3.05, 3.63) is 0 Å². The van der Waals surface area contributed by atoms with Gasteiger partial charge >= 0.3 is 0 Å². The summed E-state index contributed by atoms with van der Waals surface area (Å²) < 4.78 is 0. The van der Waals surface area contributed by atoms with Gasteiger partial charge in [-0.2, -0.15) is 0 Å². The molecule has 1 heterocycles. The highest BCUT2D eigenvalue weighted by molar-refractivity contribution is 5.78. The maximum Gasteiger partial charge on any atom is 0.234 e. The van der Waals surface area contributed by atoms with E-state index in [1.165, 1.54) is 0 Å². The van der Waals surface area contributed by atoms with Gasteiger partial charge in [-0.25, -0.2) is 0 Å². The Morgan fingerprint density at radius 2 is 2.00 bits per heavy atom. The number of hydrogen-bond acceptors (Lipinski definition) is 3. The maximum atomic E-state index is 11.6. The van der Waals surface area contributed by atoms with E-state index in [0.717, 1.165) is 19.5 Å². The molecule has 1 saturated heterocycles. The molecule has 3 N–H and O–H groups in total. The molecule has 0 saturated carbocycles. The highest BCUT2D eigenvalue weighted by Crippen LogP contribution is 2.20. The van der Waals surface area contributed by atoms with Crippen LogP contribution < -0.4 is 11.1 Å². The number of amides is 1. The van der Waals surface area contributed by atoms with E-state index in [0.29, 0.717) is 6.54 Å². The highest BCUT2D eigenvalue weighted by Gasteiger charge is 2.38. The Morgan fingerprint density at radius 1 is 1.47 bits per heavy atom. The van der Waals surface area contributed by atoms with Crippen LogP contribution in [0.25, 0.3) is 0 Å². The molecule has 0 atom stereocenters. The van der Waals surface area contributed by atoms with Gasteiger partial charge in [0, 0.05) is 24.2 Å². The van der Waals surface area contributed by atoms with Crippen molar-refractivity contribution in [1.82, 2.24) is 10.2 Å². The average molecular weight is 213 g/mol. The van der Waals surface area contributed by atoms with Gasteiger partial charge in [-0.15, -0.1) is 0 Å². The zero-order chi connectivity index (χ0) is 11.7. The number of nitrogens with one attached hydrogen (secondary N) is 1. The minimum atomic E-state index is -0.146. The van der Waals surface area contributed by atoms with Gasteiger partial charge in [-0.3, -0.25) is 9.69 Å². The summed E-state index contributed by atoms with van der Waals surface area (Å²) in [5, 5.41) is 2.94. The molecule has 1 rings (SSSR count). The molecule has 0 radical (unpaired) electrons. The van der Waals surface area contributed by atoms with Crippen LogP contribution in [0.1, 0.15) is 34.1 Å². The molecule has 4 nitrogen and oxygen atoms in total. The topological polar surface area (TPSA) is 58.4 Å². The molecule has 4 heteroatoms. The van der Waals surface area contributed by atoms with Crippen LogP contribution in [0.5, 0.6) is 0 Å². The average Bonchev–Trinajstić information content (AvgIpc) is 1.97. The Hall–Kier alpha value is -0.610. The van der Waals surface area contributed by atoms with E-state index in [1.54, 1.807) is 0 Å². The molecule has 1 fully saturated rings. The van der Waals surface area contributed by atoms with Crippen molar-refractivity contribution in [2.75, 3.05) is 19.6 Å². The third kappa shape index (κ3) is 3.80. The molecule has 0 bridgehead atoms. The molecule has 1 aliphatic rings. The predicted molar refractivity (Wildman–Crippen MR) is 61.5 cm³/mol. The lowest BCUT2D eigenvalue weighted by Gasteiger charge is -2.47. The molecule has 0 aromatic heterocycles. The van der Waals surface area contributed by atoms with Crippen LogP contribution in [-0.2, 0) is 4.79 Å². The normalized spacial score (nSPS) is 20.9. The molecule has 0 spiro atoms. The zero-order valence-corrected chi connectivity index (χ0v) is 10.3. The Morgan fingerprint density at radius 3 is 2.40 bits per heavy atom. The molecule has 0 aromatic carbocycles. The van der Waals surface area contributed by atoms with Crippen LogP contribution in [0.4, 0.5) is 0 Å². The Bertz CT molecular complexity index is 239. The number of carbonyl (C=O) groups excluding carboxylic acids is 1. The molecular weight excluding hydrogens is 190 g/mol. The lowest BCUT2D eigenvalue weighted by Crippen LogP contribution is -2.68. The van der Waals surface area contributed by atoms with Crippen LogP contribution in [0.2, 0.25) is 0 Å². The standard InChI is InChI=1S/C11H23N3O/c1-5-11(12)7-14(8-11)6-9(15)13-10(2,3)4/h5-8,12H2,1-4H3,(H,13,15). The fourth-order valence-corrected chi connectivity index (χ4v) is 1.84. The minimum absolute atomic E-state index is 0.0536. The number of nitrogens with two attached hydrogens (primary N) is 1. The van der Waals surface area contributed by atoms with Gasteiger partial charge in [-0.1, -0.05) is 6.92 Å². The van der Waals surface area contributed by atoms with Gasteiger partial charge in [0.2, 0.25) is 5.91 Å². The molecule has 1 amide bonds. The van der Waals surface area contributed by atoms with Crippen molar-refractivity contribution >= 4 is 5.91 Å². The van der Waals surface area contributed by atoms with E-state index in [9.17, 15) is 4.79 Å². The first-order valence-electron chi connectivity index (χ1n) is 5.56. The lowest BCUT2D eigenvalue weighted by atomic mass is 9.88. The van der Waals surface area contributed by atoms with Crippen molar-refractivity contribution in [1.29, 1.82) is 0 Å². The van der Waals surface area contributed by atoms with Gasteiger partial charge in [0.1, 0.15) is 0 Å². The van der Waals surface area contributed by atoms with Crippen molar-refractivity contribution in [2.24, 2.45) is 5.73 Å². The SMILES string of the molecule is CCC1(N)CN(CC(=O)NC(C)(C)C)C1. The molecule has 88 valence electrons. The Balaban J connectivity index is 2.25. The third-order valence-corrected chi connectivity index (χ3v) is 2.66. The van der Waals surface area contributed by atoms with E-state index in [-0.39, 0.29) is 17.0 Å². The summed E-state index contributed by atoms with van der Waals surface area (Å²) in [5.74, 6) is 0.0839. The third-order valence-electron chi connectivity index (χ3n) is 2.66. The second-order valence-corrected chi connectivity index (χ2v) is 5.66. The first-order valence-corrected chi connectivity index (χ1v) is 5.56. The highest BCUT2D eigenvalue weighted by atomic mass is 16.2. The molecule has 0 unspecified atom stereocenters. The molecule has 1 aliphatic heterocycles. The smallest absolute Gasteiger partial charge is 0.234 e. The predicted octanol–water partition coefficient (Wildman–Crippen LogP) is 0.324. The van der Waals surface area contributed by atoms with Crippen LogP contribution in [-0.4, -0.2) is 41.5 Å². The van der Waals surface area contributed by atoms with Gasteiger partial charge in [0.15, 0.2) is 0 Å². The van der Waals surface area contributed by atoms with Crippen molar-refractivity contribution in [3.8, 4) is 0 Å². The van der Waals surface area contributed by atoms with E-state index < -0.39 is 0 Å². The number of nitrogens with zero attached hydrogens (tertiary/aromatic N) is 1. The van der Waals surface area contributed by atoms with Crippen molar-refractivity contribution in [3.63, 3.8) is 0 Å². The van der Waals surface area contributed by atoms with Crippen LogP contribution in [0.3, 0.4) is 0 Å². The van der Waals surface area contributed by atoms with Gasteiger partial charge in [0.25, 0.3) is 0 Å². The first kappa shape index (κ1) is 12.5. The molecular formula is C11H23N3O. The van der Waals surface area contributed by atoms with Crippen LogP contribution >= 0.6 is 0 Å². The quantitative estimate of drug-likeness (QED) is 0.710. The summed E-state index contributed by atoms with van der Waals surface area (Å²) >= 11 is 0. The maximum absolute atomic E-state index is 11.6. The first-order chi connectivity index (χ1) is 6.74. The summed E-state index contributed by atoms with van der Waals surface area (Å²) in [4.78, 5) is 13.7. The summed E-state index contributed by atoms with van der Waals surface area (Å²) in [6.45, 7) is 10.2. The summed E-state index contributed by atoms with van der Waals surface area (Å²) in [5.41, 5.74) is 5.82. The summed E-state index contributed by atoms with van der Waals surface area (Å²) in [7, 11) is 0. The largest absolute Gasteiger partial charge is 0.350 e.